The maximum atomic E-state index is 13.5. The first kappa shape index (κ1) is 19.9. The zero-order valence-corrected chi connectivity index (χ0v) is 15.7. The van der Waals surface area contributed by atoms with E-state index in [1.165, 1.54) is 11.6 Å². The second-order valence-electron chi connectivity index (χ2n) is 6.40. The first-order chi connectivity index (χ1) is 12.5. The van der Waals surface area contributed by atoms with Crippen molar-refractivity contribution in [3.8, 4) is 5.75 Å². The number of para-hydroxylation sites is 1. The Morgan fingerprint density at radius 2 is 1.88 bits per heavy atom. The maximum absolute atomic E-state index is 13.5. The molecule has 0 aliphatic carbocycles. The van der Waals surface area contributed by atoms with Gasteiger partial charge in [0, 0.05) is 6.54 Å². The average Bonchev–Trinajstić information content (AvgIpc) is 2.63. The van der Waals surface area contributed by atoms with Crippen molar-refractivity contribution in [2.45, 2.75) is 26.3 Å². The lowest BCUT2D eigenvalue weighted by molar-refractivity contribution is -0.122. The topological polar surface area (TPSA) is 41.6 Å². The van der Waals surface area contributed by atoms with Crippen LogP contribution in [0.3, 0.4) is 0 Å². The Morgan fingerprint density at radius 3 is 2.54 bits per heavy atom. The highest BCUT2D eigenvalue weighted by Crippen LogP contribution is 2.15. The van der Waals surface area contributed by atoms with E-state index in [1.807, 2.05) is 18.9 Å². The predicted molar refractivity (Wildman–Crippen MR) is 102 cm³/mol. The number of rotatable bonds is 9. The van der Waals surface area contributed by atoms with Crippen LogP contribution in [0.15, 0.2) is 48.5 Å². The molecule has 2 aromatic rings. The smallest absolute Gasteiger partial charge is 0.234 e. The van der Waals surface area contributed by atoms with Crippen LogP contribution >= 0.6 is 0 Å². The molecule has 0 aliphatic rings. The van der Waals surface area contributed by atoms with Gasteiger partial charge >= 0.3 is 0 Å². The van der Waals surface area contributed by atoms with E-state index in [-0.39, 0.29) is 30.1 Å². The van der Waals surface area contributed by atoms with Gasteiger partial charge in [0.15, 0.2) is 11.6 Å². The fraction of sp³-hybridized carbons (Fsp3) is 0.381. The summed E-state index contributed by atoms with van der Waals surface area (Å²) in [7, 11) is 1.84. The van der Waals surface area contributed by atoms with Crippen LogP contribution in [0, 0.1) is 5.82 Å². The number of benzene rings is 2. The molecular formula is C21H27FN2O2. The molecule has 0 heterocycles. The van der Waals surface area contributed by atoms with Gasteiger partial charge in [0.05, 0.1) is 12.6 Å². The highest BCUT2D eigenvalue weighted by Gasteiger charge is 2.12. The van der Waals surface area contributed by atoms with Gasteiger partial charge in [-0.15, -0.1) is 0 Å². The third kappa shape index (κ3) is 6.15. The van der Waals surface area contributed by atoms with Gasteiger partial charge in [-0.2, -0.15) is 0 Å². The van der Waals surface area contributed by atoms with Crippen molar-refractivity contribution in [1.82, 2.24) is 10.2 Å². The van der Waals surface area contributed by atoms with E-state index in [1.54, 1.807) is 18.2 Å². The van der Waals surface area contributed by atoms with Gasteiger partial charge in [0.2, 0.25) is 5.91 Å². The normalized spacial score (nSPS) is 12.0. The number of ether oxygens (including phenoxy) is 1. The van der Waals surface area contributed by atoms with Crippen LogP contribution in [0.2, 0.25) is 0 Å². The van der Waals surface area contributed by atoms with Crippen LogP contribution < -0.4 is 10.1 Å². The van der Waals surface area contributed by atoms with Gasteiger partial charge in [-0.05, 0) is 43.7 Å². The number of aryl methyl sites for hydroxylation is 1. The quantitative estimate of drug-likeness (QED) is 0.745. The van der Waals surface area contributed by atoms with E-state index in [0.29, 0.717) is 13.2 Å². The summed E-state index contributed by atoms with van der Waals surface area (Å²) in [6.07, 6.45) is 1.00. The molecule has 0 aromatic heterocycles. The van der Waals surface area contributed by atoms with Crippen LogP contribution in [0.4, 0.5) is 4.39 Å². The number of carbonyl (C=O) groups excluding carboxylic acids is 1. The van der Waals surface area contributed by atoms with Gasteiger partial charge < -0.3 is 10.1 Å². The van der Waals surface area contributed by atoms with Crippen molar-refractivity contribution in [3.05, 3.63) is 65.5 Å². The van der Waals surface area contributed by atoms with Crippen LogP contribution in [0.25, 0.3) is 0 Å². The van der Waals surface area contributed by atoms with Crippen LogP contribution in [0.5, 0.6) is 5.75 Å². The largest absolute Gasteiger partial charge is 0.489 e. The second-order valence-corrected chi connectivity index (χ2v) is 6.40. The number of hydrogen-bond donors (Lipinski definition) is 1. The average molecular weight is 358 g/mol. The summed E-state index contributed by atoms with van der Waals surface area (Å²) in [5.74, 6) is -0.198. The van der Waals surface area contributed by atoms with Crippen LogP contribution in [-0.2, 0) is 11.2 Å². The first-order valence-electron chi connectivity index (χ1n) is 8.93. The Kier molecular flexibility index (Phi) is 7.60. The van der Waals surface area contributed by atoms with E-state index in [0.717, 1.165) is 12.0 Å². The third-order valence-electron chi connectivity index (χ3n) is 4.25. The van der Waals surface area contributed by atoms with Crippen LogP contribution in [0.1, 0.15) is 31.0 Å². The summed E-state index contributed by atoms with van der Waals surface area (Å²) in [6, 6.07) is 14.5. The van der Waals surface area contributed by atoms with E-state index in [9.17, 15) is 9.18 Å². The summed E-state index contributed by atoms with van der Waals surface area (Å²) >= 11 is 0. The number of nitrogens with zero attached hydrogens (tertiary/aromatic N) is 1. The van der Waals surface area contributed by atoms with E-state index in [2.05, 4.69) is 36.5 Å². The molecule has 140 valence electrons. The lowest BCUT2D eigenvalue weighted by Gasteiger charge is -2.19. The molecule has 0 aliphatic heterocycles. The fourth-order valence-electron chi connectivity index (χ4n) is 2.61. The fourth-order valence-corrected chi connectivity index (χ4v) is 2.61. The molecule has 1 unspecified atom stereocenters. The number of carbonyl (C=O) groups is 1. The van der Waals surface area contributed by atoms with Crippen molar-refractivity contribution >= 4 is 5.91 Å². The molecule has 1 amide bonds. The van der Waals surface area contributed by atoms with Gasteiger partial charge in [0.25, 0.3) is 0 Å². The molecule has 5 heteroatoms. The minimum atomic E-state index is -0.379. The first-order valence-corrected chi connectivity index (χ1v) is 8.93. The molecule has 0 saturated carbocycles. The monoisotopic (exact) mass is 358 g/mol. The predicted octanol–water partition coefficient (Wildman–Crippen LogP) is 3.58. The number of hydrogen-bond acceptors (Lipinski definition) is 3. The van der Waals surface area contributed by atoms with Gasteiger partial charge in [-0.1, -0.05) is 43.3 Å². The highest BCUT2D eigenvalue weighted by atomic mass is 19.1. The van der Waals surface area contributed by atoms with Gasteiger partial charge in [0.1, 0.15) is 6.61 Å². The summed E-state index contributed by atoms with van der Waals surface area (Å²) in [5, 5.41) is 3.00. The van der Waals surface area contributed by atoms with E-state index < -0.39 is 0 Å². The highest BCUT2D eigenvalue weighted by molar-refractivity contribution is 5.78. The van der Waals surface area contributed by atoms with Crippen LogP contribution in [-0.4, -0.2) is 37.6 Å². The maximum Gasteiger partial charge on any atom is 0.234 e. The van der Waals surface area contributed by atoms with Crippen molar-refractivity contribution in [1.29, 1.82) is 0 Å². The number of likely N-dealkylation sites (N-methyl/N-ethyl adjacent to an activating group) is 1. The molecule has 26 heavy (non-hydrogen) atoms. The minimum absolute atomic E-state index is 0.0449. The lowest BCUT2D eigenvalue weighted by atomic mass is 10.1. The molecule has 0 spiro atoms. The molecule has 0 fully saturated rings. The van der Waals surface area contributed by atoms with Crippen molar-refractivity contribution in [2.75, 3.05) is 26.7 Å². The molecular weight excluding hydrogens is 331 g/mol. The van der Waals surface area contributed by atoms with Crippen molar-refractivity contribution in [2.24, 2.45) is 0 Å². The summed E-state index contributed by atoms with van der Waals surface area (Å²) < 4.78 is 18.9. The van der Waals surface area contributed by atoms with Gasteiger partial charge in [-0.25, -0.2) is 4.39 Å². The summed E-state index contributed by atoms with van der Waals surface area (Å²) in [5.41, 5.74) is 2.36. The number of amides is 1. The summed E-state index contributed by atoms with van der Waals surface area (Å²) in [4.78, 5) is 14.0. The molecule has 0 saturated heterocycles. The number of nitrogens with one attached hydrogen (secondary N) is 1. The molecule has 2 rings (SSSR count). The Hall–Kier alpha value is -2.40. The third-order valence-corrected chi connectivity index (χ3v) is 4.25. The molecule has 2 aromatic carbocycles. The standard InChI is InChI=1S/C21H27FN2O2/c1-4-17-9-11-18(12-10-17)16(2)23-21(25)15-24(3)13-14-26-20-8-6-5-7-19(20)22/h5-12,16H,4,13-15H2,1-3H3,(H,23,25). The Bertz CT molecular complexity index is 703. The molecule has 0 bridgehead atoms. The Morgan fingerprint density at radius 1 is 1.19 bits per heavy atom. The summed E-state index contributed by atoms with van der Waals surface area (Å²) in [6.45, 7) is 5.20. The molecule has 1 atom stereocenters. The van der Waals surface area contributed by atoms with Crippen molar-refractivity contribution in [3.63, 3.8) is 0 Å². The SMILES string of the molecule is CCc1ccc(C(C)NC(=O)CN(C)CCOc2ccccc2F)cc1. The Balaban J connectivity index is 1.73. The van der Waals surface area contributed by atoms with E-state index in [4.69, 9.17) is 4.74 Å². The Labute approximate surface area is 155 Å². The zero-order valence-electron chi connectivity index (χ0n) is 15.7. The number of halogens is 1. The van der Waals surface area contributed by atoms with E-state index >= 15 is 0 Å². The molecule has 1 N–H and O–H groups in total. The minimum Gasteiger partial charge on any atom is -0.489 e. The zero-order chi connectivity index (χ0) is 18.9. The van der Waals surface area contributed by atoms with Crippen molar-refractivity contribution < 1.29 is 13.9 Å². The molecule has 4 nitrogen and oxygen atoms in total. The second kappa shape index (κ2) is 9.92. The molecule has 0 radical (unpaired) electrons. The van der Waals surface area contributed by atoms with Gasteiger partial charge in [-0.3, -0.25) is 9.69 Å². The lowest BCUT2D eigenvalue weighted by Crippen LogP contribution is -2.38.